The molecule has 0 amide bonds. The lowest BCUT2D eigenvalue weighted by Crippen LogP contribution is -2.42. The van der Waals surface area contributed by atoms with Gasteiger partial charge in [-0.2, -0.15) is 19.5 Å². The van der Waals surface area contributed by atoms with Crippen molar-refractivity contribution >= 4 is 14.3 Å². The van der Waals surface area contributed by atoms with Gasteiger partial charge in [0.1, 0.15) is 0 Å². The summed E-state index contributed by atoms with van der Waals surface area (Å²) in [5.74, 6) is 1.32. The fourth-order valence-electron chi connectivity index (χ4n) is 1.54. The zero-order chi connectivity index (χ0) is 9.84. The van der Waals surface area contributed by atoms with E-state index in [2.05, 4.69) is 56.4 Å². The van der Waals surface area contributed by atoms with Crippen molar-refractivity contribution < 1.29 is 4.48 Å². The van der Waals surface area contributed by atoms with Crippen LogP contribution in [0.15, 0.2) is 12.4 Å². The first-order chi connectivity index (χ1) is 6.20. The van der Waals surface area contributed by atoms with Crippen LogP contribution in [0.4, 0.5) is 0 Å². The van der Waals surface area contributed by atoms with E-state index < -0.39 is 0 Å². The van der Waals surface area contributed by atoms with Crippen LogP contribution in [0.25, 0.3) is 0 Å². The fourth-order valence-corrected chi connectivity index (χ4v) is 1.54. The molecule has 0 bridgehead atoms. The molecule has 1 rings (SSSR count). The molecule has 0 saturated heterocycles. The molecule has 0 aromatic carbocycles. The van der Waals surface area contributed by atoms with E-state index in [1.165, 1.54) is 12.1 Å². The van der Waals surface area contributed by atoms with Gasteiger partial charge in [-0.15, -0.1) is 0 Å². The highest BCUT2D eigenvalue weighted by Crippen LogP contribution is 1.99. The van der Waals surface area contributed by atoms with Crippen LogP contribution in [0, 0.1) is 6.92 Å². The molecule has 1 aromatic rings. The molecule has 0 spiro atoms. The molecule has 0 unspecified atom stereocenters. The van der Waals surface area contributed by atoms with Crippen molar-refractivity contribution in [3.63, 3.8) is 0 Å². The third-order valence-corrected chi connectivity index (χ3v) is 2.58. The Hall–Kier alpha value is -0.660. The number of rotatable bonds is 4. The SMILES string of the molecule is CC[B-][n+]1ccn([B-](C)CC)c1C. The number of imidazole rings is 1. The summed E-state index contributed by atoms with van der Waals surface area (Å²) in [4.78, 5) is 0. The van der Waals surface area contributed by atoms with E-state index in [1.807, 2.05) is 0 Å². The minimum Gasteiger partial charge on any atom is -0.498 e. The molecular formula is C9H18B2N2-. The average Bonchev–Trinajstić information content (AvgIpc) is 2.48. The van der Waals surface area contributed by atoms with E-state index in [0.29, 0.717) is 6.85 Å². The van der Waals surface area contributed by atoms with Crippen molar-refractivity contribution in [3.8, 4) is 0 Å². The van der Waals surface area contributed by atoms with E-state index in [1.54, 1.807) is 0 Å². The summed E-state index contributed by atoms with van der Waals surface area (Å²) in [7, 11) is 2.20. The molecule has 0 N–H and O–H groups in total. The molecule has 4 heteroatoms. The third-order valence-electron chi connectivity index (χ3n) is 2.58. The van der Waals surface area contributed by atoms with Gasteiger partial charge < -0.3 is 8.96 Å². The summed E-state index contributed by atoms with van der Waals surface area (Å²) < 4.78 is 4.53. The van der Waals surface area contributed by atoms with Gasteiger partial charge in [0.2, 0.25) is 0 Å². The van der Waals surface area contributed by atoms with Gasteiger partial charge in [0, 0.05) is 6.92 Å². The number of hydrogen-bond acceptors (Lipinski definition) is 0. The maximum atomic E-state index is 2.33. The first-order valence-electron chi connectivity index (χ1n) is 5.12. The molecule has 3 radical (unpaired) electrons. The molecule has 1 heterocycles. The zero-order valence-electron chi connectivity index (χ0n) is 9.12. The van der Waals surface area contributed by atoms with E-state index >= 15 is 0 Å². The molecule has 0 fully saturated rings. The normalized spacial score (nSPS) is 11.2. The van der Waals surface area contributed by atoms with Gasteiger partial charge in [-0.25, -0.2) is 0 Å². The number of aromatic nitrogens is 2. The Balaban J connectivity index is 2.85. The quantitative estimate of drug-likeness (QED) is 0.614. The van der Waals surface area contributed by atoms with Crippen LogP contribution in [0.3, 0.4) is 0 Å². The van der Waals surface area contributed by atoms with Gasteiger partial charge in [0.25, 0.3) is 0 Å². The smallest absolute Gasteiger partial charge is 0.152 e. The van der Waals surface area contributed by atoms with Crippen LogP contribution >= 0.6 is 0 Å². The summed E-state index contributed by atoms with van der Waals surface area (Å²) in [5, 5.41) is 0. The van der Waals surface area contributed by atoms with Crippen molar-refractivity contribution in [3.05, 3.63) is 18.2 Å². The lowest BCUT2D eigenvalue weighted by Gasteiger charge is -2.19. The van der Waals surface area contributed by atoms with E-state index in [-0.39, 0.29) is 0 Å². The minimum absolute atomic E-state index is 0.603. The minimum atomic E-state index is 0.603. The van der Waals surface area contributed by atoms with Crippen LogP contribution in [-0.4, -0.2) is 18.7 Å². The first kappa shape index (κ1) is 10.4. The molecule has 71 valence electrons. The van der Waals surface area contributed by atoms with Crippen molar-refractivity contribution in [2.75, 3.05) is 0 Å². The van der Waals surface area contributed by atoms with Crippen LogP contribution in [0.1, 0.15) is 19.7 Å². The topological polar surface area (TPSA) is 8.81 Å². The van der Waals surface area contributed by atoms with Crippen molar-refractivity contribution in [2.45, 2.75) is 40.2 Å². The Kier molecular flexibility index (Phi) is 3.64. The Bertz CT molecular complexity index is 271. The lowest BCUT2D eigenvalue weighted by atomic mass is 9.62. The second-order valence-corrected chi connectivity index (χ2v) is 3.51. The summed E-state index contributed by atoms with van der Waals surface area (Å²) in [6, 6.07) is 0. The fraction of sp³-hybridized carbons (Fsp3) is 0.667. The zero-order valence-corrected chi connectivity index (χ0v) is 9.12. The first-order valence-corrected chi connectivity index (χ1v) is 5.12. The van der Waals surface area contributed by atoms with Gasteiger partial charge in [-0.05, 0) is 0 Å². The Morgan fingerprint density at radius 3 is 2.77 bits per heavy atom. The predicted octanol–water partition coefficient (Wildman–Crippen LogP) is 1.48. The molecule has 0 aliphatic rings. The van der Waals surface area contributed by atoms with Crippen LogP contribution in [-0.2, 0) is 0 Å². The molecule has 1 aromatic heterocycles. The largest absolute Gasteiger partial charge is 0.498 e. The van der Waals surface area contributed by atoms with E-state index in [4.69, 9.17) is 0 Å². The molecule has 0 aliphatic heterocycles. The molecule has 0 atom stereocenters. The highest BCUT2D eigenvalue weighted by Gasteiger charge is 2.03. The van der Waals surface area contributed by atoms with Gasteiger partial charge in [0.05, 0.1) is 19.2 Å². The molecule has 13 heavy (non-hydrogen) atoms. The van der Waals surface area contributed by atoms with E-state index in [9.17, 15) is 0 Å². The Morgan fingerprint density at radius 2 is 2.23 bits per heavy atom. The Morgan fingerprint density at radius 1 is 1.54 bits per heavy atom. The lowest BCUT2D eigenvalue weighted by molar-refractivity contribution is -0.536. The van der Waals surface area contributed by atoms with Gasteiger partial charge in [-0.1, -0.05) is 21.3 Å². The molecular weight excluding hydrogens is 158 g/mol. The van der Waals surface area contributed by atoms with Gasteiger partial charge >= 0.3 is 0 Å². The predicted molar refractivity (Wildman–Crippen MR) is 58.5 cm³/mol. The van der Waals surface area contributed by atoms with Crippen molar-refractivity contribution in [2.24, 2.45) is 0 Å². The molecule has 2 nitrogen and oxygen atoms in total. The van der Waals surface area contributed by atoms with Crippen LogP contribution in [0.5, 0.6) is 0 Å². The average molecular weight is 176 g/mol. The van der Waals surface area contributed by atoms with Crippen molar-refractivity contribution in [1.82, 2.24) is 4.48 Å². The third kappa shape index (κ3) is 2.17. The number of hydrogen-bond donors (Lipinski definition) is 0. The highest BCUT2D eigenvalue weighted by atomic mass is 15.1. The van der Waals surface area contributed by atoms with Crippen LogP contribution in [0.2, 0.25) is 19.5 Å². The van der Waals surface area contributed by atoms with E-state index in [0.717, 1.165) is 6.32 Å². The second-order valence-electron chi connectivity index (χ2n) is 3.51. The van der Waals surface area contributed by atoms with Crippen molar-refractivity contribution in [1.29, 1.82) is 0 Å². The second kappa shape index (κ2) is 4.54. The van der Waals surface area contributed by atoms with Gasteiger partial charge in [-0.3, -0.25) is 0 Å². The highest BCUT2D eigenvalue weighted by molar-refractivity contribution is 6.55. The summed E-state index contributed by atoms with van der Waals surface area (Å²) >= 11 is 0. The summed E-state index contributed by atoms with van der Waals surface area (Å²) in [6.07, 6.45) is 6.55. The van der Waals surface area contributed by atoms with Gasteiger partial charge in [0.15, 0.2) is 5.82 Å². The summed E-state index contributed by atoms with van der Waals surface area (Å²) in [6.45, 7) is 9.40. The monoisotopic (exact) mass is 176 g/mol. The maximum Gasteiger partial charge on any atom is 0.152 e. The maximum absolute atomic E-state index is 2.33. The Labute approximate surface area is 82.3 Å². The number of nitrogens with zero attached hydrogens (tertiary/aromatic N) is 2. The van der Waals surface area contributed by atoms with Crippen LogP contribution < -0.4 is 4.48 Å². The molecule has 0 aliphatic carbocycles. The molecule has 0 saturated carbocycles. The standard InChI is InChI=1S/C9H18B2N2/c1-5-10-12-7-8-13(9(12)3)11(4)6-2/h7-8H,5-6H2,1-4H3/q-1. The summed E-state index contributed by atoms with van der Waals surface area (Å²) in [5.41, 5.74) is 0.